The van der Waals surface area contributed by atoms with Gasteiger partial charge in [-0.15, -0.1) is 0 Å². The molecule has 4 nitrogen and oxygen atoms in total. The lowest BCUT2D eigenvalue weighted by Gasteiger charge is -2.07. The zero-order valence-electron chi connectivity index (χ0n) is 9.05. The van der Waals surface area contributed by atoms with Crippen LogP contribution in [0.2, 0.25) is 0 Å². The van der Waals surface area contributed by atoms with Crippen LogP contribution in [0.1, 0.15) is 0 Å². The van der Waals surface area contributed by atoms with Crippen molar-refractivity contribution >= 4 is 22.9 Å². The summed E-state index contributed by atoms with van der Waals surface area (Å²) in [5, 5.41) is 0.660. The molecule has 0 aliphatic heterocycles. The summed E-state index contributed by atoms with van der Waals surface area (Å²) in [7, 11) is 1.64. The van der Waals surface area contributed by atoms with E-state index in [4.69, 9.17) is 14.9 Å². The second-order valence-corrected chi connectivity index (χ2v) is 4.45. The zero-order chi connectivity index (χ0) is 11.4. The van der Waals surface area contributed by atoms with Crippen LogP contribution < -0.4 is 5.73 Å². The van der Waals surface area contributed by atoms with Crippen molar-refractivity contribution in [2.75, 3.05) is 19.5 Å². The van der Waals surface area contributed by atoms with Crippen LogP contribution in [0.3, 0.4) is 0 Å². The minimum absolute atomic E-state index is 0.00464. The van der Waals surface area contributed by atoms with Gasteiger partial charge in [0, 0.05) is 18.9 Å². The first kappa shape index (κ1) is 11.4. The lowest BCUT2D eigenvalue weighted by molar-refractivity contribution is 0.186. The highest BCUT2D eigenvalue weighted by molar-refractivity contribution is 7.99. The van der Waals surface area contributed by atoms with Crippen molar-refractivity contribution < 1.29 is 9.15 Å². The molecule has 0 amide bonds. The molecule has 0 radical (unpaired) electrons. The monoisotopic (exact) mass is 238 g/mol. The number of rotatable bonds is 5. The summed E-state index contributed by atoms with van der Waals surface area (Å²) >= 11 is 1.51. The van der Waals surface area contributed by atoms with Gasteiger partial charge in [-0.3, -0.25) is 0 Å². The molecule has 2 N–H and O–H groups in total. The largest absolute Gasteiger partial charge is 0.431 e. The fraction of sp³-hybridized carbons (Fsp3) is 0.364. The molecule has 0 bridgehead atoms. The molecule has 0 fully saturated rings. The summed E-state index contributed by atoms with van der Waals surface area (Å²) in [4.78, 5) is 4.34. The first-order valence-electron chi connectivity index (χ1n) is 5.02. The molecule has 0 saturated heterocycles. The average Bonchev–Trinajstić information content (AvgIpc) is 2.69. The molecular formula is C11H14N2O2S. The highest BCUT2D eigenvalue weighted by Gasteiger charge is 2.08. The number of hydrogen-bond acceptors (Lipinski definition) is 5. The van der Waals surface area contributed by atoms with E-state index in [0.29, 0.717) is 11.8 Å². The standard InChI is InChI=1S/C11H14N2O2S/c1-14-6-8(12)7-16-11-13-9-4-2-3-5-10(9)15-11/h2-5,8H,6-7,12H2,1H3. The smallest absolute Gasteiger partial charge is 0.256 e. The molecule has 1 atom stereocenters. The lowest BCUT2D eigenvalue weighted by atomic mass is 10.3. The number of para-hydroxylation sites is 2. The van der Waals surface area contributed by atoms with E-state index >= 15 is 0 Å². The van der Waals surface area contributed by atoms with Gasteiger partial charge in [-0.25, -0.2) is 4.98 Å². The van der Waals surface area contributed by atoms with Crippen molar-refractivity contribution in [3.05, 3.63) is 24.3 Å². The molecular weight excluding hydrogens is 224 g/mol. The van der Waals surface area contributed by atoms with E-state index in [2.05, 4.69) is 4.98 Å². The van der Waals surface area contributed by atoms with Crippen molar-refractivity contribution in [1.29, 1.82) is 0 Å². The van der Waals surface area contributed by atoms with E-state index in [9.17, 15) is 0 Å². The van der Waals surface area contributed by atoms with Gasteiger partial charge in [0.2, 0.25) is 0 Å². The summed E-state index contributed by atoms with van der Waals surface area (Å²) < 4.78 is 10.5. The van der Waals surface area contributed by atoms with Crippen LogP contribution in [0.25, 0.3) is 11.1 Å². The van der Waals surface area contributed by atoms with Crippen LogP contribution >= 0.6 is 11.8 Å². The molecule has 0 aliphatic carbocycles. The fourth-order valence-corrected chi connectivity index (χ4v) is 2.12. The first-order chi connectivity index (χ1) is 7.79. The van der Waals surface area contributed by atoms with Crippen LogP contribution in [0.5, 0.6) is 0 Å². The van der Waals surface area contributed by atoms with E-state index in [1.807, 2.05) is 24.3 Å². The van der Waals surface area contributed by atoms with Gasteiger partial charge in [0.05, 0.1) is 6.61 Å². The summed E-state index contributed by atoms with van der Waals surface area (Å²) in [5.41, 5.74) is 7.50. The lowest BCUT2D eigenvalue weighted by Crippen LogP contribution is -2.28. The van der Waals surface area contributed by atoms with Crippen LogP contribution in [0.15, 0.2) is 33.9 Å². The quantitative estimate of drug-likeness (QED) is 0.806. The van der Waals surface area contributed by atoms with Gasteiger partial charge in [0.25, 0.3) is 5.22 Å². The van der Waals surface area contributed by atoms with Crippen LogP contribution in [-0.4, -0.2) is 30.5 Å². The van der Waals surface area contributed by atoms with E-state index in [-0.39, 0.29) is 6.04 Å². The van der Waals surface area contributed by atoms with Gasteiger partial charge in [0.15, 0.2) is 5.58 Å². The maximum Gasteiger partial charge on any atom is 0.256 e. The number of ether oxygens (including phenoxy) is 1. The summed E-state index contributed by atoms with van der Waals surface area (Å²) in [6, 6.07) is 7.71. The predicted octanol–water partition coefficient (Wildman–Crippen LogP) is 1.89. The Hall–Kier alpha value is -1.04. The molecule has 0 saturated carbocycles. The fourth-order valence-electron chi connectivity index (χ4n) is 1.35. The van der Waals surface area contributed by atoms with Crippen LogP contribution in [0, 0.1) is 0 Å². The normalized spacial score (nSPS) is 13.1. The van der Waals surface area contributed by atoms with Gasteiger partial charge in [-0.05, 0) is 12.1 Å². The second-order valence-electron chi connectivity index (χ2n) is 3.47. The average molecular weight is 238 g/mol. The third-order valence-electron chi connectivity index (χ3n) is 2.08. The molecule has 1 heterocycles. The van der Waals surface area contributed by atoms with Crippen molar-refractivity contribution in [3.8, 4) is 0 Å². The summed E-state index contributed by atoms with van der Waals surface area (Å²) in [5.74, 6) is 0.737. The molecule has 0 spiro atoms. The van der Waals surface area contributed by atoms with Crippen molar-refractivity contribution in [3.63, 3.8) is 0 Å². The molecule has 1 aromatic heterocycles. The van der Waals surface area contributed by atoms with Gasteiger partial charge in [0.1, 0.15) is 5.52 Å². The molecule has 86 valence electrons. The summed E-state index contributed by atoms with van der Waals surface area (Å²) in [6.07, 6.45) is 0. The highest BCUT2D eigenvalue weighted by Crippen LogP contribution is 2.23. The third-order valence-corrected chi connectivity index (χ3v) is 3.09. The van der Waals surface area contributed by atoms with Gasteiger partial charge in [-0.2, -0.15) is 0 Å². The number of fused-ring (bicyclic) bond motifs is 1. The predicted molar refractivity (Wildman–Crippen MR) is 64.6 cm³/mol. The Morgan fingerprint density at radius 1 is 1.50 bits per heavy atom. The Morgan fingerprint density at radius 3 is 3.06 bits per heavy atom. The van der Waals surface area contributed by atoms with Crippen molar-refractivity contribution in [2.24, 2.45) is 5.73 Å². The van der Waals surface area contributed by atoms with Crippen molar-refractivity contribution in [1.82, 2.24) is 4.98 Å². The number of methoxy groups -OCH3 is 1. The second kappa shape index (κ2) is 5.34. The number of nitrogens with two attached hydrogens (primary N) is 1. The summed E-state index contributed by atoms with van der Waals surface area (Å²) in [6.45, 7) is 0.549. The van der Waals surface area contributed by atoms with Gasteiger partial charge in [-0.1, -0.05) is 23.9 Å². The Bertz CT molecular complexity index is 425. The number of benzene rings is 1. The van der Waals surface area contributed by atoms with Crippen molar-refractivity contribution in [2.45, 2.75) is 11.3 Å². The molecule has 5 heteroatoms. The number of aromatic nitrogens is 1. The van der Waals surface area contributed by atoms with Crippen LogP contribution in [0.4, 0.5) is 0 Å². The number of thioether (sulfide) groups is 1. The van der Waals surface area contributed by atoms with E-state index in [1.54, 1.807) is 7.11 Å². The molecule has 2 rings (SSSR count). The van der Waals surface area contributed by atoms with E-state index in [1.165, 1.54) is 11.8 Å². The molecule has 1 unspecified atom stereocenters. The SMILES string of the molecule is COCC(N)CSc1nc2ccccc2o1. The highest BCUT2D eigenvalue weighted by atomic mass is 32.2. The maximum absolute atomic E-state index is 5.81. The molecule has 2 aromatic rings. The van der Waals surface area contributed by atoms with Gasteiger partial charge < -0.3 is 14.9 Å². The topological polar surface area (TPSA) is 61.3 Å². The Morgan fingerprint density at radius 2 is 2.31 bits per heavy atom. The van der Waals surface area contributed by atoms with E-state index in [0.717, 1.165) is 16.9 Å². The first-order valence-corrected chi connectivity index (χ1v) is 6.01. The zero-order valence-corrected chi connectivity index (χ0v) is 9.87. The number of nitrogens with zero attached hydrogens (tertiary/aromatic N) is 1. The Kier molecular flexibility index (Phi) is 3.82. The minimum atomic E-state index is 0.00464. The number of oxazole rings is 1. The Labute approximate surface area is 98.2 Å². The minimum Gasteiger partial charge on any atom is -0.431 e. The van der Waals surface area contributed by atoms with E-state index < -0.39 is 0 Å². The maximum atomic E-state index is 5.81. The molecule has 16 heavy (non-hydrogen) atoms. The Balaban J connectivity index is 1.99. The number of hydrogen-bond donors (Lipinski definition) is 1. The van der Waals surface area contributed by atoms with Gasteiger partial charge >= 0.3 is 0 Å². The third kappa shape index (κ3) is 2.75. The van der Waals surface area contributed by atoms with Crippen LogP contribution in [-0.2, 0) is 4.74 Å². The molecule has 1 aromatic carbocycles. The molecule has 0 aliphatic rings.